The summed E-state index contributed by atoms with van der Waals surface area (Å²) in [6.45, 7) is 1.36. The van der Waals surface area contributed by atoms with Crippen molar-refractivity contribution in [3.63, 3.8) is 0 Å². The van der Waals surface area contributed by atoms with E-state index in [2.05, 4.69) is 0 Å². The van der Waals surface area contributed by atoms with Crippen molar-refractivity contribution >= 4 is 17.6 Å². The molecule has 0 radical (unpaired) electrons. The second kappa shape index (κ2) is 9.88. The average molecular weight is 446 g/mol. The van der Waals surface area contributed by atoms with Gasteiger partial charge in [0.2, 0.25) is 5.91 Å². The summed E-state index contributed by atoms with van der Waals surface area (Å²) in [4.78, 5) is 26.2. The molecule has 0 spiro atoms. The number of anilines is 1. The fourth-order valence-electron chi connectivity index (χ4n) is 4.32. The third-order valence-corrected chi connectivity index (χ3v) is 5.98. The molecule has 3 atom stereocenters. The highest BCUT2D eigenvalue weighted by Gasteiger charge is 2.48. The van der Waals surface area contributed by atoms with Gasteiger partial charge < -0.3 is 19.5 Å². The lowest BCUT2D eigenvalue weighted by molar-refractivity contribution is -0.132. The first-order valence-corrected chi connectivity index (χ1v) is 11.0. The third kappa shape index (κ3) is 4.91. The number of aliphatic hydroxyl groups is 1. The maximum absolute atomic E-state index is 13.2. The maximum atomic E-state index is 13.2. The van der Waals surface area contributed by atoms with Crippen LogP contribution < -0.4 is 14.4 Å². The molecule has 1 unspecified atom stereocenters. The predicted octanol–water partition coefficient (Wildman–Crippen LogP) is 4.84. The minimum absolute atomic E-state index is 0.0227. The molecule has 1 heterocycles. The molecule has 1 aliphatic rings. The van der Waals surface area contributed by atoms with Gasteiger partial charge in [-0.2, -0.15) is 0 Å². The van der Waals surface area contributed by atoms with Gasteiger partial charge in [0.1, 0.15) is 11.5 Å². The molecule has 3 aromatic rings. The van der Waals surface area contributed by atoms with Crippen LogP contribution in [0.4, 0.5) is 5.69 Å². The highest BCUT2D eigenvalue weighted by molar-refractivity contribution is 6.03. The summed E-state index contributed by atoms with van der Waals surface area (Å²) < 4.78 is 10.4. The fraction of sp³-hybridized carbons (Fsp3) is 0.259. The number of nitrogens with zero attached hydrogens (tertiary/aromatic N) is 1. The Balaban J connectivity index is 1.56. The minimum Gasteiger partial charge on any atom is -0.497 e. The molecular formula is C27H27NO5. The highest BCUT2D eigenvalue weighted by atomic mass is 16.5. The summed E-state index contributed by atoms with van der Waals surface area (Å²) in [5, 5.41) is 10.6. The van der Waals surface area contributed by atoms with Gasteiger partial charge in [0.05, 0.1) is 25.2 Å². The zero-order valence-electron chi connectivity index (χ0n) is 18.7. The van der Waals surface area contributed by atoms with E-state index in [1.165, 1.54) is 6.92 Å². The number of hydrogen-bond acceptors (Lipinski definition) is 5. The quantitative estimate of drug-likeness (QED) is 0.305. The maximum Gasteiger partial charge on any atom is 0.308 e. The van der Waals surface area contributed by atoms with Crippen LogP contribution in [0.5, 0.6) is 11.5 Å². The number of carbonyl (C=O) groups is 2. The normalized spacial score (nSPS) is 18.4. The third-order valence-electron chi connectivity index (χ3n) is 5.98. The number of amides is 1. The Morgan fingerprint density at radius 1 is 0.970 bits per heavy atom. The molecule has 1 aliphatic heterocycles. The lowest BCUT2D eigenvalue weighted by Gasteiger charge is -2.48. The standard InChI is InChI=1S/C27H27NO5/c1-18(29)33-23-12-8-20(9-13-23)26-24(16-17-25(30)19-6-4-3-5-7-19)27(31)28(26)21-10-14-22(32-2)15-11-21/h3-15,24-26,30H,16-17H2,1-2H3/t24?,25-,26-/m1/s1. The van der Waals surface area contributed by atoms with Crippen LogP contribution in [0.25, 0.3) is 0 Å². The summed E-state index contributed by atoms with van der Waals surface area (Å²) in [6.07, 6.45) is 0.414. The molecule has 0 aromatic heterocycles. The molecule has 0 bridgehead atoms. The van der Waals surface area contributed by atoms with Crippen LogP contribution in [0.15, 0.2) is 78.9 Å². The second-order valence-corrected chi connectivity index (χ2v) is 8.12. The first-order chi connectivity index (χ1) is 16.0. The Kier molecular flexibility index (Phi) is 6.75. The molecule has 6 nitrogen and oxygen atoms in total. The molecule has 1 amide bonds. The average Bonchev–Trinajstić information content (AvgIpc) is 2.83. The monoisotopic (exact) mass is 445 g/mol. The van der Waals surface area contributed by atoms with Crippen LogP contribution in [-0.4, -0.2) is 24.1 Å². The Hall–Kier alpha value is -3.64. The van der Waals surface area contributed by atoms with Crippen LogP contribution in [0.2, 0.25) is 0 Å². The highest BCUT2D eigenvalue weighted by Crippen LogP contribution is 2.46. The van der Waals surface area contributed by atoms with Gasteiger partial charge in [0.15, 0.2) is 0 Å². The molecule has 6 heteroatoms. The van der Waals surface area contributed by atoms with Crippen molar-refractivity contribution in [3.05, 3.63) is 90.0 Å². The van der Waals surface area contributed by atoms with Crippen LogP contribution in [0.3, 0.4) is 0 Å². The summed E-state index contributed by atoms with van der Waals surface area (Å²) in [5.74, 6) is 0.564. The predicted molar refractivity (Wildman–Crippen MR) is 125 cm³/mol. The molecule has 0 saturated carbocycles. The molecule has 170 valence electrons. The van der Waals surface area contributed by atoms with Crippen molar-refractivity contribution in [1.82, 2.24) is 0 Å². The number of esters is 1. The van der Waals surface area contributed by atoms with Crippen molar-refractivity contribution in [2.24, 2.45) is 5.92 Å². The summed E-state index contributed by atoms with van der Waals surface area (Å²) in [5.41, 5.74) is 2.58. The lowest BCUT2D eigenvalue weighted by Crippen LogP contribution is -2.55. The van der Waals surface area contributed by atoms with Crippen molar-refractivity contribution in [2.45, 2.75) is 31.9 Å². The largest absolute Gasteiger partial charge is 0.497 e. The fourth-order valence-corrected chi connectivity index (χ4v) is 4.32. The van der Waals surface area contributed by atoms with Gasteiger partial charge in [-0.25, -0.2) is 0 Å². The first kappa shape index (κ1) is 22.6. The topological polar surface area (TPSA) is 76.1 Å². The SMILES string of the molecule is COc1ccc(N2C(=O)C(CC[C@@H](O)c3ccccc3)[C@H]2c2ccc(OC(C)=O)cc2)cc1. The van der Waals surface area contributed by atoms with Crippen molar-refractivity contribution < 1.29 is 24.2 Å². The molecule has 3 aromatic carbocycles. The summed E-state index contributed by atoms with van der Waals surface area (Å²) in [6, 6.07) is 23.9. The van der Waals surface area contributed by atoms with Gasteiger partial charge in [-0.3, -0.25) is 9.59 Å². The summed E-state index contributed by atoms with van der Waals surface area (Å²) in [7, 11) is 1.60. The van der Waals surface area contributed by atoms with E-state index < -0.39 is 6.10 Å². The molecular weight excluding hydrogens is 418 g/mol. The zero-order valence-corrected chi connectivity index (χ0v) is 18.7. The lowest BCUT2D eigenvalue weighted by atomic mass is 9.78. The number of carbonyl (C=O) groups excluding carboxylic acids is 2. The van der Waals surface area contributed by atoms with Gasteiger partial charge in [-0.15, -0.1) is 0 Å². The van der Waals surface area contributed by atoms with Crippen molar-refractivity contribution in [2.75, 3.05) is 12.0 Å². The number of hydrogen-bond donors (Lipinski definition) is 1. The Bertz CT molecular complexity index is 1100. The Morgan fingerprint density at radius 3 is 2.21 bits per heavy atom. The van der Waals surface area contributed by atoms with Crippen LogP contribution in [0, 0.1) is 5.92 Å². The van der Waals surface area contributed by atoms with E-state index in [0.29, 0.717) is 18.6 Å². The molecule has 33 heavy (non-hydrogen) atoms. The number of ether oxygens (including phenoxy) is 2. The molecule has 1 saturated heterocycles. The van der Waals surface area contributed by atoms with Gasteiger partial charge >= 0.3 is 5.97 Å². The van der Waals surface area contributed by atoms with E-state index in [0.717, 1.165) is 22.6 Å². The van der Waals surface area contributed by atoms with Crippen molar-refractivity contribution in [1.29, 1.82) is 0 Å². The van der Waals surface area contributed by atoms with Crippen LogP contribution in [0.1, 0.15) is 43.0 Å². The molecule has 4 rings (SSSR count). The van der Waals surface area contributed by atoms with E-state index in [9.17, 15) is 14.7 Å². The van der Waals surface area contributed by atoms with Crippen LogP contribution in [-0.2, 0) is 9.59 Å². The Morgan fingerprint density at radius 2 is 1.61 bits per heavy atom. The van der Waals surface area contributed by atoms with Gasteiger partial charge in [0.25, 0.3) is 0 Å². The van der Waals surface area contributed by atoms with E-state index in [-0.39, 0.29) is 23.8 Å². The second-order valence-electron chi connectivity index (χ2n) is 8.12. The van der Waals surface area contributed by atoms with E-state index in [1.807, 2.05) is 66.7 Å². The van der Waals surface area contributed by atoms with Gasteiger partial charge in [-0.05, 0) is 60.4 Å². The van der Waals surface area contributed by atoms with Gasteiger partial charge in [-0.1, -0.05) is 42.5 Å². The van der Waals surface area contributed by atoms with Gasteiger partial charge in [0, 0.05) is 12.6 Å². The zero-order chi connectivity index (χ0) is 23.4. The minimum atomic E-state index is -0.624. The Labute approximate surface area is 193 Å². The number of β-lactam (4-membered cyclic amide) rings is 1. The van der Waals surface area contributed by atoms with E-state index in [1.54, 1.807) is 24.1 Å². The number of aliphatic hydroxyl groups excluding tert-OH is 1. The first-order valence-electron chi connectivity index (χ1n) is 11.0. The van der Waals surface area contributed by atoms with Crippen molar-refractivity contribution in [3.8, 4) is 11.5 Å². The summed E-state index contributed by atoms with van der Waals surface area (Å²) >= 11 is 0. The molecule has 0 aliphatic carbocycles. The number of benzene rings is 3. The van der Waals surface area contributed by atoms with E-state index in [4.69, 9.17) is 9.47 Å². The number of methoxy groups -OCH3 is 1. The smallest absolute Gasteiger partial charge is 0.308 e. The number of rotatable bonds is 8. The molecule has 1 fully saturated rings. The van der Waals surface area contributed by atoms with Crippen LogP contribution >= 0.6 is 0 Å². The van der Waals surface area contributed by atoms with E-state index >= 15 is 0 Å². The molecule has 1 N–H and O–H groups in total.